The molecular formula is C15H10N4O5. The molecule has 3 aromatic rings. The molecule has 24 heavy (non-hydrogen) atoms. The first kappa shape index (κ1) is 15.3. The molecule has 9 nitrogen and oxygen atoms in total. The number of nitro benzene ring substituents is 1. The summed E-state index contributed by atoms with van der Waals surface area (Å²) in [6.07, 6.45) is 0. The summed E-state index contributed by atoms with van der Waals surface area (Å²) in [6.45, 7) is -0.446. The maximum atomic E-state index is 12.2. The number of nitrogens with zero attached hydrogens (tertiary/aromatic N) is 4. The van der Waals surface area contributed by atoms with E-state index in [1.54, 1.807) is 24.3 Å². The van der Waals surface area contributed by atoms with E-state index in [2.05, 4.69) is 10.3 Å². The number of hydrogen-bond donors (Lipinski definition) is 0. The molecule has 1 heterocycles. The van der Waals surface area contributed by atoms with Crippen LogP contribution in [-0.2, 0) is 11.5 Å². The predicted molar refractivity (Wildman–Crippen MR) is 82.3 cm³/mol. The quantitative estimate of drug-likeness (QED) is 0.405. The zero-order chi connectivity index (χ0) is 17.1. The normalized spacial score (nSPS) is 10.5. The van der Waals surface area contributed by atoms with Crippen LogP contribution in [0.15, 0.2) is 53.3 Å². The van der Waals surface area contributed by atoms with E-state index in [1.165, 1.54) is 18.2 Å². The lowest BCUT2D eigenvalue weighted by Crippen LogP contribution is -2.26. The number of benzene rings is 2. The van der Waals surface area contributed by atoms with E-state index in [0.717, 1.165) is 10.7 Å². The minimum absolute atomic E-state index is 0.00555. The van der Waals surface area contributed by atoms with Gasteiger partial charge in [-0.05, 0) is 18.2 Å². The molecule has 120 valence electrons. The van der Waals surface area contributed by atoms with Crippen molar-refractivity contribution in [1.82, 2.24) is 15.0 Å². The van der Waals surface area contributed by atoms with Crippen molar-refractivity contribution in [2.45, 2.75) is 6.73 Å². The minimum Gasteiger partial charge on any atom is -0.439 e. The zero-order valence-corrected chi connectivity index (χ0v) is 12.2. The Labute approximate surface area is 134 Å². The van der Waals surface area contributed by atoms with Crippen LogP contribution in [0.25, 0.3) is 10.9 Å². The maximum Gasteiger partial charge on any atom is 0.340 e. The van der Waals surface area contributed by atoms with Crippen molar-refractivity contribution >= 4 is 22.6 Å². The molecule has 0 N–H and O–H groups in total. The van der Waals surface area contributed by atoms with Crippen LogP contribution in [-0.4, -0.2) is 25.9 Å². The Morgan fingerprint density at radius 2 is 2.00 bits per heavy atom. The molecule has 1 aromatic heterocycles. The van der Waals surface area contributed by atoms with Gasteiger partial charge < -0.3 is 4.74 Å². The molecule has 0 fully saturated rings. The highest BCUT2D eigenvalue weighted by Gasteiger charge is 2.13. The third kappa shape index (κ3) is 2.95. The number of rotatable bonds is 4. The largest absolute Gasteiger partial charge is 0.439 e. The van der Waals surface area contributed by atoms with E-state index < -0.39 is 23.2 Å². The molecule has 9 heteroatoms. The van der Waals surface area contributed by atoms with Gasteiger partial charge in [0, 0.05) is 12.1 Å². The van der Waals surface area contributed by atoms with Crippen LogP contribution in [0.4, 0.5) is 5.69 Å². The number of non-ortho nitro benzene ring substituents is 1. The first-order chi connectivity index (χ1) is 11.6. The number of aromatic nitrogens is 3. The monoisotopic (exact) mass is 326 g/mol. The Balaban J connectivity index is 1.80. The van der Waals surface area contributed by atoms with Crippen molar-refractivity contribution in [2.24, 2.45) is 0 Å². The fourth-order valence-corrected chi connectivity index (χ4v) is 2.06. The van der Waals surface area contributed by atoms with Crippen molar-refractivity contribution in [3.05, 3.63) is 74.6 Å². The van der Waals surface area contributed by atoms with E-state index in [-0.39, 0.29) is 11.3 Å². The molecule has 0 spiro atoms. The zero-order valence-electron chi connectivity index (χ0n) is 12.2. The first-order valence-electron chi connectivity index (χ1n) is 6.80. The lowest BCUT2D eigenvalue weighted by Gasteiger charge is -2.06. The average Bonchev–Trinajstić information content (AvgIpc) is 2.61. The van der Waals surface area contributed by atoms with Gasteiger partial charge in [-0.1, -0.05) is 23.4 Å². The Kier molecular flexibility index (Phi) is 3.98. The Morgan fingerprint density at radius 3 is 2.79 bits per heavy atom. The van der Waals surface area contributed by atoms with E-state index >= 15 is 0 Å². The summed E-state index contributed by atoms with van der Waals surface area (Å²) in [4.78, 5) is 34.3. The molecule has 0 amide bonds. The highest BCUT2D eigenvalue weighted by Crippen LogP contribution is 2.14. The lowest BCUT2D eigenvalue weighted by molar-refractivity contribution is -0.384. The van der Waals surface area contributed by atoms with Gasteiger partial charge in [0.05, 0.1) is 15.9 Å². The number of ether oxygens (including phenoxy) is 1. The molecule has 0 aliphatic heterocycles. The van der Waals surface area contributed by atoms with Gasteiger partial charge in [0.1, 0.15) is 5.52 Å². The van der Waals surface area contributed by atoms with Crippen molar-refractivity contribution < 1.29 is 14.5 Å². The number of hydrogen-bond acceptors (Lipinski definition) is 7. The van der Waals surface area contributed by atoms with Crippen LogP contribution in [0.1, 0.15) is 10.4 Å². The predicted octanol–water partition coefficient (Wildman–Crippen LogP) is 1.51. The lowest BCUT2D eigenvalue weighted by atomic mass is 10.2. The second kappa shape index (κ2) is 6.24. The molecule has 0 aliphatic rings. The van der Waals surface area contributed by atoms with Crippen molar-refractivity contribution in [3.8, 4) is 0 Å². The summed E-state index contributed by atoms with van der Waals surface area (Å²) >= 11 is 0. The molecule has 2 aromatic carbocycles. The van der Waals surface area contributed by atoms with Gasteiger partial charge in [0.2, 0.25) is 0 Å². The highest BCUT2D eigenvalue weighted by atomic mass is 16.6. The van der Waals surface area contributed by atoms with Gasteiger partial charge in [-0.2, -0.15) is 4.68 Å². The average molecular weight is 326 g/mol. The molecule has 0 saturated heterocycles. The summed E-state index contributed by atoms with van der Waals surface area (Å²) in [5.41, 5.74) is -0.241. The molecule has 0 saturated carbocycles. The van der Waals surface area contributed by atoms with Crippen molar-refractivity contribution in [1.29, 1.82) is 0 Å². The van der Waals surface area contributed by atoms with Gasteiger partial charge in [0.15, 0.2) is 6.73 Å². The van der Waals surface area contributed by atoms with Crippen LogP contribution >= 0.6 is 0 Å². The Morgan fingerprint density at radius 1 is 1.21 bits per heavy atom. The maximum absolute atomic E-state index is 12.2. The molecule has 0 unspecified atom stereocenters. The van der Waals surface area contributed by atoms with Gasteiger partial charge >= 0.3 is 5.97 Å². The topological polar surface area (TPSA) is 117 Å². The van der Waals surface area contributed by atoms with Gasteiger partial charge in [0.25, 0.3) is 11.2 Å². The molecular weight excluding hydrogens is 316 g/mol. The van der Waals surface area contributed by atoms with E-state index in [1.807, 2.05) is 0 Å². The first-order valence-corrected chi connectivity index (χ1v) is 6.80. The fourth-order valence-electron chi connectivity index (χ4n) is 2.06. The summed E-state index contributed by atoms with van der Waals surface area (Å²) in [5.74, 6) is -0.805. The van der Waals surface area contributed by atoms with E-state index in [0.29, 0.717) is 10.9 Å². The minimum atomic E-state index is -0.805. The number of carbonyl (C=O) groups excluding carboxylic acids is 1. The van der Waals surface area contributed by atoms with Crippen LogP contribution in [0.3, 0.4) is 0 Å². The number of carbonyl (C=O) groups is 1. The second-order valence-corrected chi connectivity index (χ2v) is 4.78. The van der Waals surface area contributed by atoms with Crippen molar-refractivity contribution in [2.75, 3.05) is 0 Å². The Hall–Kier alpha value is -3.62. The SMILES string of the molecule is O=C(OCn1nnc2ccccc2c1=O)c1cccc([N+](=O)[O-])c1. The third-order valence-corrected chi connectivity index (χ3v) is 3.24. The van der Waals surface area contributed by atoms with Crippen molar-refractivity contribution in [3.63, 3.8) is 0 Å². The molecule has 0 atom stereocenters. The van der Waals surface area contributed by atoms with Gasteiger partial charge in [-0.25, -0.2) is 4.79 Å². The van der Waals surface area contributed by atoms with Gasteiger partial charge in [-0.15, -0.1) is 5.10 Å². The van der Waals surface area contributed by atoms with Gasteiger partial charge in [-0.3, -0.25) is 14.9 Å². The van der Waals surface area contributed by atoms with E-state index in [4.69, 9.17) is 4.74 Å². The van der Waals surface area contributed by atoms with E-state index in [9.17, 15) is 19.7 Å². The summed E-state index contributed by atoms with van der Waals surface area (Å²) in [6, 6.07) is 11.7. The smallest absolute Gasteiger partial charge is 0.340 e. The number of fused-ring (bicyclic) bond motifs is 1. The second-order valence-electron chi connectivity index (χ2n) is 4.78. The third-order valence-electron chi connectivity index (χ3n) is 3.24. The molecule has 3 rings (SSSR count). The number of nitro groups is 1. The van der Waals surface area contributed by atoms with Crippen LogP contribution < -0.4 is 5.56 Å². The standard InChI is InChI=1S/C15H10N4O5/c20-14-12-6-1-2-7-13(12)16-17-18(14)9-24-15(21)10-4-3-5-11(8-10)19(22)23/h1-8H,9H2. The molecule has 0 bridgehead atoms. The van der Waals surface area contributed by atoms with Crippen LogP contribution in [0.2, 0.25) is 0 Å². The summed E-state index contributed by atoms with van der Waals surface area (Å²) < 4.78 is 5.88. The summed E-state index contributed by atoms with van der Waals surface area (Å²) in [5, 5.41) is 18.6. The number of esters is 1. The molecule has 0 radical (unpaired) electrons. The fraction of sp³-hybridized carbons (Fsp3) is 0.0667. The highest BCUT2D eigenvalue weighted by molar-refractivity contribution is 5.90. The Bertz CT molecular complexity index is 998. The van der Waals surface area contributed by atoms with Crippen LogP contribution in [0, 0.1) is 10.1 Å². The molecule has 0 aliphatic carbocycles. The van der Waals surface area contributed by atoms with Crippen LogP contribution in [0.5, 0.6) is 0 Å². The summed E-state index contributed by atoms with van der Waals surface area (Å²) in [7, 11) is 0.